The van der Waals surface area contributed by atoms with Crippen LogP contribution in [0.15, 0.2) is 46.8 Å². The van der Waals surface area contributed by atoms with Crippen LogP contribution < -0.4 is 10.1 Å². The molecule has 1 atom stereocenters. The summed E-state index contributed by atoms with van der Waals surface area (Å²) >= 11 is 0. The van der Waals surface area contributed by atoms with Crippen molar-refractivity contribution in [1.29, 1.82) is 0 Å². The Morgan fingerprint density at radius 3 is 2.44 bits per heavy atom. The zero-order valence-electron chi connectivity index (χ0n) is 19.7. The molecule has 172 valence electrons. The molecule has 1 heterocycles. The van der Waals surface area contributed by atoms with Gasteiger partial charge in [-0.15, -0.1) is 0 Å². The summed E-state index contributed by atoms with van der Waals surface area (Å²) in [6, 6.07) is 7.00. The van der Waals surface area contributed by atoms with E-state index in [-0.39, 0.29) is 11.2 Å². The van der Waals surface area contributed by atoms with Crippen LogP contribution in [-0.4, -0.2) is 24.3 Å². The van der Waals surface area contributed by atoms with Crippen LogP contribution in [0.25, 0.3) is 0 Å². The molecule has 6 heteroatoms. The summed E-state index contributed by atoms with van der Waals surface area (Å²) in [4.78, 5) is 37.7. The highest BCUT2D eigenvalue weighted by Gasteiger charge is 2.43. The number of dihydropyridines is 1. The summed E-state index contributed by atoms with van der Waals surface area (Å²) in [7, 11) is 0. The molecule has 1 aliphatic heterocycles. The summed E-state index contributed by atoms with van der Waals surface area (Å²) in [5, 5.41) is 3.34. The fourth-order valence-electron chi connectivity index (χ4n) is 4.53. The third-order valence-corrected chi connectivity index (χ3v) is 5.92. The molecule has 1 aromatic carbocycles. The number of hydrogen-bond acceptors (Lipinski definition) is 6. The van der Waals surface area contributed by atoms with Crippen molar-refractivity contribution >= 4 is 17.7 Å². The van der Waals surface area contributed by atoms with Gasteiger partial charge >= 0.3 is 11.9 Å². The van der Waals surface area contributed by atoms with Crippen molar-refractivity contribution < 1.29 is 23.9 Å². The van der Waals surface area contributed by atoms with Gasteiger partial charge in [-0.25, -0.2) is 4.79 Å². The van der Waals surface area contributed by atoms with Gasteiger partial charge in [0.2, 0.25) is 0 Å². The second kappa shape index (κ2) is 9.72. The highest BCUT2D eigenvalue weighted by molar-refractivity contribution is 6.04. The van der Waals surface area contributed by atoms with E-state index in [0.717, 1.165) is 36.9 Å². The van der Waals surface area contributed by atoms with Crippen LogP contribution in [0.1, 0.15) is 78.2 Å². The van der Waals surface area contributed by atoms with E-state index in [1.807, 2.05) is 19.1 Å². The molecule has 6 nitrogen and oxygen atoms in total. The van der Waals surface area contributed by atoms with Crippen LogP contribution >= 0.6 is 0 Å². The van der Waals surface area contributed by atoms with Gasteiger partial charge in [-0.3, -0.25) is 9.59 Å². The van der Waals surface area contributed by atoms with Gasteiger partial charge in [0.25, 0.3) is 0 Å². The maximum atomic E-state index is 13.3. The Morgan fingerprint density at radius 2 is 1.81 bits per heavy atom. The van der Waals surface area contributed by atoms with E-state index in [0.29, 0.717) is 35.6 Å². The van der Waals surface area contributed by atoms with Gasteiger partial charge in [0, 0.05) is 36.2 Å². The molecule has 1 aliphatic carbocycles. The molecule has 0 saturated carbocycles. The average molecular weight is 440 g/mol. The zero-order chi connectivity index (χ0) is 23.5. The van der Waals surface area contributed by atoms with Gasteiger partial charge < -0.3 is 14.8 Å². The van der Waals surface area contributed by atoms with Crippen molar-refractivity contribution in [3.05, 3.63) is 52.4 Å². The van der Waals surface area contributed by atoms with Crippen molar-refractivity contribution in [2.75, 3.05) is 6.61 Å². The third kappa shape index (κ3) is 5.29. The van der Waals surface area contributed by atoms with Crippen molar-refractivity contribution in [3.8, 4) is 5.75 Å². The largest absolute Gasteiger partial charge is 0.462 e. The van der Waals surface area contributed by atoms with E-state index in [9.17, 15) is 14.4 Å². The van der Waals surface area contributed by atoms with Crippen LogP contribution in [0.2, 0.25) is 0 Å². The summed E-state index contributed by atoms with van der Waals surface area (Å²) < 4.78 is 10.7. The van der Waals surface area contributed by atoms with E-state index < -0.39 is 17.9 Å². The van der Waals surface area contributed by atoms with Crippen LogP contribution in [0.3, 0.4) is 0 Å². The average Bonchev–Trinajstić information content (AvgIpc) is 2.69. The number of carbonyl (C=O) groups excluding carboxylic acids is 3. The molecule has 0 bridgehead atoms. The van der Waals surface area contributed by atoms with Gasteiger partial charge in [0.15, 0.2) is 5.78 Å². The third-order valence-electron chi connectivity index (χ3n) is 5.92. The molecule has 0 amide bonds. The number of Topliss-reactive ketones (excluding diaryl/α,β-unsaturated/α-hetero) is 1. The predicted molar refractivity (Wildman–Crippen MR) is 122 cm³/mol. The Labute approximate surface area is 190 Å². The van der Waals surface area contributed by atoms with Gasteiger partial charge in [-0.05, 0) is 42.9 Å². The number of allylic oxidation sites excluding steroid dienone is 3. The molecule has 1 aromatic rings. The number of nitrogens with one attached hydrogen (secondary N) is 1. The second-order valence-electron chi connectivity index (χ2n) is 9.44. The topological polar surface area (TPSA) is 81.7 Å². The number of unbranched alkanes of at least 4 members (excludes halogenated alkanes) is 2. The number of carbonyl (C=O) groups is 3. The van der Waals surface area contributed by atoms with E-state index in [1.54, 1.807) is 12.1 Å². The lowest BCUT2D eigenvalue weighted by Crippen LogP contribution is -2.38. The van der Waals surface area contributed by atoms with Gasteiger partial charge in [-0.1, -0.05) is 45.7 Å². The first kappa shape index (κ1) is 23.8. The Kier molecular flexibility index (Phi) is 7.22. The van der Waals surface area contributed by atoms with Crippen LogP contribution in [-0.2, 0) is 19.1 Å². The molecule has 1 unspecified atom stereocenters. The number of rotatable bonds is 7. The number of benzene rings is 1. The van der Waals surface area contributed by atoms with Crippen molar-refractivity contribution in [2.24, 2.45) is 5.41 Å². The molecule has 0 saturated heterocycles. The highest BCUT2D eigenvalue weighted by Crippen LogP contribution is 2.46. The fourth-order valence-corrected chi connectivity index (χ4v) is 4.53. The maximum Gasteiger partial charge on any atom is 0.336 e. The normalized spacial score (nSPS) is 19.9. The van der Waals surface area contributed by atoms with Crippen LogP contribution in [0, 0.1) is 5.41 Å². The molecule has 32 heavy (non-hydrogen) atoms. The van der Waals surface area contributed by atoms with E-state index in [2.05, 4.69) is 26.1 Å². The Bertz CT molecular complexity index is 968. The summed E-state index contributed by atoms with van der Waals surface area (Å²) in [6.07, 6.45) is 4.00. The molecule has 2 aliphatic rings. The number of esters is 2. The first-order chi connectivity index (χ1) is 15.1. The molecular formula is C26H33NO5. The van der Waals surface area contributed by atoms with Gasteiger partial charge in [0.05, 0.1) is 12.2 Å². The monoisotopic (exact) mass is 439 g/mol. The highest BCUT2D eigenvalue weighted by atomic mass is 16.5. The van der Waals surface area contributed by atoms with Crippen molar-refractivity contribution in [3.63, 3.8) is 0 Å². The first-order valence-electron chi connectivity index (χ1n) is 11.3. The van der Waals surface area contributed by atoms with E-state index in [4.69, 9.17) is 9.47 Å². The van der Waals surface area contributed by atoms with Gasteiger partial charge in [0.1, 0.15) is 5.75 Å². The lowest BCUT2D eigenvalue weighted by Gasteiger charge is -2.39. The van der Waals surface area contributed by atoms with Crippen molar-refractivity contribution in [1.82, 2.24) is 5.32 Å². The van der Waals surface area contributed by atoms with Gasteiger partial charge in [-0.2, -0.15) is 0 Å². The van der Waals surface area contributed by atoms with Crippen LogP contribution in [0.4, 0.5) is 0 Å². The minimum Gasteiger partial charge on any atom is -0.462 e. The summed E-state index contributed by atoms with van der Waals surface area (Å²) in [6.45, 7) is 9.82. The van der Waals surface area contributed by atoms with Crippen LogP contribution in [0.5, 0.6) is 5.75 Å². The molecule has 1 N–H and O–H groups in total. The summed E-state index contributed by atoms with van der Waals surface area (Å²) in [5.74, 6) is -0.850. The standard InChI is InChI=1S/C26H33NO5/c1-6-7-8-13-31-25(30)22-16(2)27-20-14-26(4,5)15-21(29)24(20)23(22)18-9-11-19(12-10-18)32-17(3)28/h9-12,23,27H,6-8,13-15H2,1-5H3. The number of hydrogen-bond donors (Lipinski definition) is 1. The second-order valence-corrected chi connectivity index (χ2v) is 9.44. The molecule has 0 fully saturated rings. The van der Waals surface area contributed by atoms with E-state index in [1.165, 1.54) is 6.92 Å². The molecular weight excluding hydrogens is 406 g/mol. The lowest BCUT2D eigenvalue weighted by atomic mass is 9.68. The minimum atomic E-state index is -0.514. The molecule has 0 spiro atoms. The molecule has 0 aromatic heterocycles. The lowest BCUT2D eigenvalue weighted by molar-refractivity contribution is -0.139. The predicted octanol–water partition coefficient (Wildman–Crippen LogP) is 4.95. The molecule has 0 radical (unpaired) electrons. The van der Waals surface area contributed by atoms with Crippen molar-refractivity contribution in [2.45, 2.75) is 72.6 Å². The first-order valence-corrected chi connectivity index (χ1v) is 11.3. The summed E-state index contributed by atoms with van der Waals surface area (Å²) in [5.41, 5.74) is 3.33. The Hall–Kier alpha value is -2.89. The molecule has 3 rings (SSSR count). The Balaban J connectivity index is 2.01. The minimum absolute atomic E-state index is 0.0431. The SMILES string of the molecule is CCCCCOC(=O)C1=C(C)NC2=C(C(=O)CC(C)(C)C2)C1c1ccc(OC(C)=O)cc1. The maximum absolute atomic E-state index is 13.3. The van der Waals surface area contributed by atoms with E-state index >= 15 is 0 Å². The number of ketones is 1. The quantitative estimate of drug-likeness (QED) is 0.368. The smallest absolute Gasteiger partial charge is 0.336 e. The Morgan fingerprint density at radius 1 is 1.12 bits per heavy atom. The fraction of sp³-hybridized carbons (Fsp3) is 0.500. The zero-order valence-corrected chi connectivity index (χ0v) is 19.7. The number of ether oxygens (including phenoxy) is 2.